The van der Waals surface area contributed by atoms with Crippen molar-refractivity contribution in [2.75, 3.05) is 10.7 Å². The van der Waals surface area contributed by atoms with Gasteiger partial charge in [-0.3, -0.25) is 0 Å². The molecule has 0 aliphatic heterocycles. The zero-order valence-corrected chi connectivity index (χ0v) is 9.69. The van der Waals surface area contributed by atoms with Crippen molar-refractivity contribution in [2.45, 2.75) is 20.4 Å². The summed E-state index contributed by atoms with van der Waals surface area (Å²) in [6.45, 7) is 4.38. The Balaban J connectivity index is 2.07. The molecule has 7 heteroatoms. The molecule has 90 valence electrons. The van der Waals surface area contributed by atoms with Crippen LogP contribution in [0.25, 0.3) is 0 Å². The van der Waals surface area contributed by atoms with E-state index in [9.17, 15) is 0 Å². The van der Waals surface area contributed by atoms with Crippen molar-refractivity contribution < 1.29 is 4.52 Å². The first kappa shape index (κ1) is 11.3. The van der Waals surface area contributed by atoms with Crippen molar-refractivity contribution in [3.05, 3.63) is 29.4 Å². The summed E-state index contributed by atoms with van der Waals surface area (Å²) in [4.78, 5) is 8.00. The number of nitrogens with one attached hydrogen (secondary N) is 2. The Hall–Kier alpha value is -2.15. The molecule has 0 atom stereocenters. The van der Waals surface area contributed by atoms with Gasteiger partial charge in [0.15, 0.2) is 0 Å². The second kappa shape index (κ2) is 4.79. The van der Waals surface area contributed by atoms with Crippen molar-refractivity contribution in [3.63, 3.8) is 0 Å². The SMILES string of the molecule is Cc1noc(C)c1CNc1cc(NN)ncn1. The van der Waals surface area contributed by atoms with Crippen LogP contribution in [0, 0.1) is 13.8 Å². The van der Waals surface area contributed by atoms with Crippen molar-refractivity contribution in [3.8, 4) is 0 Å². The average molecular weight is 234 g/mol. The molecular weight excluding hydrogens is 220 g/mol. The molecule has 0 bridgehead atoms. The van der Waals surface area contributed by atoms with Gasteiger partial charge < -0.3 is 15.3 Å². The second-order valence-electron chi connectivity index (χ2n) is 3.59. The standard InChI is InChI=1S/C10H14N6O/c1-6-8(7(2)17-16-6)4-12-9-3-10(15-11)14-5-13-9/h3,5H,4,11H2,1-2H3,(H2,12,13,14,15). The zero-order valence-electron chi connectivity index (χ0n) is 9.69. The summed E-state index contributed by atoms with van der Waals surface area (Å²) in [5.74, 6) is 7.32. The van der Waals surface area contributed by atoms with Crippen LogP contribution in [0.5, 0.6) is 0 Å². The summed E-state index contributed by atoms with van der Waals surface area (Å²) in [5.41, 5.74) is 4.37. The van der Waals surface area contributed by atoms with Crippen molar-refractivity contribution >= 4 is 11.6 Å². The molecule has 0 aliphatic carbocycles. The summed E-state index contributed by atoms with van der Waals surface area (Å²) < 4.78 is 5.07. The van der Waals surface area contributed by atoms with E-state index in [0.29, 0.717) is 18.2 Å². The Morgan fingerprint density at radius 1 is 1.29 bits per heavy atom. The number of nitrogens with zero attached hydrogens (tertiary/aromatic N) is 3. The first-order valence-electron chi connectivity index (χ1n) is 5.15. The molecule has 0 radical (unpaired) electrons. The highest BCUT2D eigenvalue weighted by Crippen LogP contribution is 2.14. The van der Waals surface area contributed by atoms with Gasteiger partial charge >= 0.3 is 0 Å². The fourth-order valence-electron chi connectivity index (χ4n) is 1.47. The number of hydrogen-bond acceptors (Lipinski definition) is 7. The molecule has 0 saturated heterocycles. The molecule has 0 aliphatic rings. The highest BCUT2D eigenvalue weighted by atomic mass is 16.5. The van der Waals surface area contributed by atoms with Crippen LogP contribution in [0.1, 0.15) is 17.0 Å². The summed E-state index contributed by atoms with van der Waals surface area (Å²) in [6, 6.07) is 1.72. The van der Waals surface area contributed by atoms with Gasteiger partial charge in [0, 0.05) is 18.2 Å². The molecule has 2 aromatic rings. The highest BCUT2D eigenvalue weighted by molar-refractivity contribution is 5.46. The molecule has 2 rings (SSSR count). The number of hydrazine groups is 1. The maximum absolute atomic E-state index is 5.26. The molecular formula is C10H14N6O. The lowest BCUT2D eigenvalue weighted by atomic mass is 10.2. The van der Waals surface area contributed by atoms with Crippen molar-refractivity contribution in [1.82, 2.24) is 15.1 Å². The zero-order chi connectivity index (χ0) is 12.3. The van der Waals surface area contributed by atoms with Crippen molar-refractivity contribution in [1.29, 1.82) is 0 Å². The van der Waals surface area contributed by atoms with Crippen molar-refractivity contribution in [2.24, 2.45) is 5.84 Å². The van der Waals surface area contributed by atoms with E-state index in [2.05, 4.69) is 25.9 Å². The summed E-state index contributed by atoms with van der Waals surface area (Å²) in [6.07, 6.45) is 1.44. The number of nitrogens with two attached hydrogens (primary N) is 1. The number of anilines is 2. The Morgan fingerprint density at radius 2 is 2.06 bits per heavy atom. The molecule has 0 saturated carbocycles. The quantitative estimate of drug-likeness (QED) is 0.535. The van der Waals surface area contributed by atoms with Crippen LogP contribution in [-0.4, -0.2) is 15.1 Å². The van der Waals surface area contributed by atoms with Gasteiger partial charge in [-0.1, -0.05) is 5.16 Å². The molecule has 2 aromatic heterocycles. The van der Waals surface area contributed by atoms with E-state index in [0.717, 1.165) is 17.0 Å². The average Bonchev–Trinajstić information content (AvgIpc) is 2.67. The van der Waals surface area contributed by atoms with Gasteiger partial charge in [-0.15, -0.1) is 0 Å². The van der Waals surface area contributed by atoms with Crippen LogP contribution in [0.4, 0.5) is 11.6 Å². The number of aromatic nitrogens is 3. The molecule has 0 aromatic carbocycles. The largest absolute Gasteiger partial charge is 0.366 e. The van der Waals surface area contributed by atoms with Crippen LogP contribution in [0.15, 0.2) is 16.9 Å². The molecule has 0 fully saturated rings. The van der Waals surface area contributed by atoms with E-state index in [1.54, 1.807) is 6.07 Å². The number of nitrogen functional groups attached to an aromatic ring is 1. The molecule has 17 heavy (non-hydrogen) atoms. The molecule has 0 amide bonds. The highest BCUT2D eigenvalue weighted by Gasteiger charge is 2.08. The van der Waals surface area contributed by atoms with E-state index in [-0.39, 0.29) is 0 Å². The second-order valence-corrected chi connectivity index (χ2v) is 3.59. The molecule has 0 spiro atoms. The lowest BCUT2D eigenvalue weighted by molar-refractivity contribution is 0.392. The maximum Gasteiger partial charge on any atom is 0.145 e. The summed E-state index contributed by atoms with van der Waals surface area (Å²) >= 11 is 0. The minimum Gasteiger partial charge on any atom is -0.366 e. The van der Waals surface area contributed by atoms with Gasteiger partial charge in [0.1, 0.15) is 23.7 Å². The first-order chi connectivity index (χ1) is 8.20. The maximum atomic E-state index is 5.26. The van der Waals surface area contributed by atoms with E-state index in [1.807, 2.05) is 13.8 Å². The lowest BCUT2D eigenvalue weighted by Crippen LogP contribution is -2.10. The van der Waals surface area contributed by atoms with Crippen LogP contribution in [0.2, 0.25) is 0 Å². The summed E-state index contributed by atoms with van der Waals surface area (Å²) in [7, 11) is 0. The Bertz CT molecular complexity index is 490. The lowest BCUT2D eigenvalue weighted by Gasteiger charge is -2.06. The predicted molar refractivity (Wildman–Crippen MR) is 63.1 cm³/mol. The van der Waals surface area contributed by atoms with E-state index in [1.165, 1.54) is 6.33 Å². The van der Waals surface area contributed by atoms with Gasteiger partial charge in [0.05, 0.1) is 5.69 Å². The first-order valence-corrected chi connectivity index (χ1v) is 5.15. The Morgan fingerprint density at radius 3 is 2.71 bits per heavy atom. The van der Waals surface area contributed by atoms with Gasteiger partial charge in [-0.05, 0) is 13.8 Å². The smallest absolute Gasteiger partial charge is 0.145 e. The van der Waals surface area contributed by atoms with Crippen LogP contribution >= 0.6 is 0 Å². The Labute approximate surface area is 98.4 Å². The van der Waals surface area contributed by atoms with Crippen LogP contribution in [0.3, 0.4) is 0 Å². The van der Waals surface area contributed by atoms with E-state index >= 15 is 0 Å². The monoisotopic (exact) mass is 234 g/mol. The number of aryl methyl sites for hydroxylation is 2. The fraction of sp³-hybridized carbons (Fsp3) is 0.300. The number of hydrogen-bond donors (Lipinski definition) is 3. The third kappa shape index (κ3) is 2.51. The minimum absolute atomic E-state index is 0.557. The number of rotatable bonds is 4. The topological polar surface area (TPSA) is 102 Å². The van der Waals surface area contributed by atoms with Crippen LogP contribution < -0.4 is 16.6 Å². The van der Waals surface area contributed by atoms with Gasteiger partial charge in [0.2, 0.25) is 0 Å². The third-order valence-corrected chi connectivity index (χ3v) is 2.44. The van der Waals surface area contributed by atoms with Gasteiger partial charge in [-0.2, -0.15) is 0 Å². The van der Waals surface area contributed by atoms with E-state index in [4.69, 9.17) is 10.4 Å². The molecule has 0 unspecified atom stereocenters. The van der Waals surface area contributed by atoms with Gasteiger partial charge in [0.25, 0.3) is 0 Å². The minimum atomic E-state index is 0.557. The fourth-order valence-corrected chi connectivity index (χ4v) is 1.47. The summed E-state index contributed by atoms with van der Waals surface area (Å²) in [5, 5.41) is 7.04. The van der Waals surface area contributed by atoms with Gasteiger partial charge in [-0.25, -0.2) is 15.8 Å². The molecule has 4 N–H and O–H groups in total. The Kier molecular flexibility index (Phi) is 3.20. The normalized spacial score (nSPS) is 10.3. The third-order valence-electron chi connectivity index (χ3n) is 2.44. The van der Waals surface area contributed by atoms with Crippen LogP contribution in [-0.2, 0) is 6.54 Å². The molecule has 2 heterocycles. The molecule has 7 nitrogen and oxygen atoms in total. The van der Waals surface area contributed by atoms with E-state index < -0.39 is 0 Å². The predicted octanol–water partition coefficient (Wildman–Crippen LogP) is 0.979.